The number of aromatic hydroxyl groups is 1. The number of carbonyl (C=O) groups excluding carboxylic acids is 2. The Hall–Kier alpha value is -3.78. The van der Waals surface area contributed by atoms with Gasteiger partial charge in [0.2, 0.25) is 11.7 Å². The van der Waals surface area contributed by atoms with E-state index in [0.717, 1.165) is 5.56 Å². The zero-order valence-electron chi connectivity index (χ0n) is 21.7. The first-order valence-corrected chi connectivity index (χ1v) is 12.1. The molecular formula is C28H33NO9. The summed E-state index contributed by atoms with van der Waals surface area (Å²) in [5, 5.41) is 13.4. The van der Waals surface area contributed by atoms with Gasteiger partial charge in [-0.1, -0.05) is 12.1 Å². The third-order valence-electron chi connectivity index (χ3n) is 5.90. The van der Waals surface area contributed by atoms with Crippen molar-refractivity contribution < 1.29 is 43.1 Å². The van der Waals surface area contributed by atoms with E-state index in [0.29, 0.717) is 24.9 Å². The van der Waals surface area contributed by atoms with Crippen LogP contribution in [0.1, 0.15) is 41.6 Å². The molecule has 10 heteroatoms. The molecule has 1 fully saturated rings. The Morgan fingerprint density at radius 3 is 2.68 bits per heavy atom. The number of methoxy groups -OCH3 is 3. The summed E-state index contributed by atoms with van der Waals surface area (Å²) in [6, 6.07) is 9.75. The van der Waals surface area contributed by atoms with Gasteiger partial charge < -0.3 is 38.8 Å². The lowest BCUT2D eigenvalue weighted by Gasteiger charge is -2.33. The summed E-state index contributed by atoms with van der Waals surface area (Å²) in [5.74, 6) is 1.52. The maximum atomic E-state index is 12.7. The van der Waals surface area contributed by atoms with Crippen LogP contribution in [0.5, 0.6) is 17.2 Å². The van der Waals surface area contributed by atoms with Gasteiger partial charge >= 0.3 is 5.97 Å². The van der Waals surface area contributed by atoms with Gasteiger partial charge in [0, 0.05) is 45.6 Å². The lowest BCUT2D eigenvalue weighted by molar-refractivity contribution is -0.214. The van der Waals surface area contributed by atoms with Gasteiger partial charge in [-0.15, -0.1) is 12.3 Å². The van der Waals surface area contributed by atoms with E-state index in [1.807, 2.05) is 6.07 Å². The van der Waals surface area contributed by atoms with Crippen LogP contribution < -0.4 is 14.8 Å². The normalized spacial score (nSPS) is 18.7. The Morgan fingerprint density at radius 2 is 1.97 bits per heavy atom. The molecule has 0 radical (unpaired) electrons. The van der Waals surface area contributed by atoms with Crippen molar-refractivity contribution in [3.63, 3.8) is 0 Å². The minimum absolute atomic E-state index is 0.00447. The topological polar surface area (TPSA) is 122 Å². The first-order chi connectivity index (χ1) is 18.4. The number of esters is 1. The van der Waals surface area contributed by atoms with Gasteiger partial charge in [0.05, 0.1) is 24.9 Å². The number of amides is 1. The highest BCUT2D eigenvalue weighted by molar-refractivity contribution is 5.91. The third kappa shape index (κ3) is 8.11. The molecule has 3 rings (SSSR count). The Balaban J connectivity index is 1.62. The molecule has 1 heterocycles. The molecule has 2 aromatic carbocycles. The maximum Gasteiger partial charge on any atom is 0.338 e. The molecule has 1 aliphatic heterocycles. The van der Waals surface area contributed by atoms with E-state index in [4.69, 9.17) is 34.8 Å². The molecule has 3 unspecified atom stereocenters. The van der Waals surface area contributed by atoms with Crippen molar-refractivity contribution in [1.82, 2.24) is 0 Å². The van der Waals surface area contributed by atoms with Gasteiger partial charge in [0.1, 0.15) is 13.2 Å². The second-order valence-electron chi connectivity index (χ2n) is 8.62. The highest BCUT2D eigenvalue weighted by atomic mass is 16.7. The van der Waals surface area contributed by atoms with Crippen LogP contribution in [0.25, 0.3) is 0 Å². The Kier molecular flexibility index (Phi) is 10.8. The highest BCUT2D eigenvalue weighted by Gasteiger charge is 2.30. The molecule has 38 heavy (non-hydrogen) atoms. The minimum Gasteiger partial charge on any atom is -0.504 e. The number of benzene rings is 2. The zero-order chi connectivity index (χ0) is 27.5. The van der Waals surface area contributed by atoms with Crippen LogP contribution in [-0.2, 0) is 30.3 Å². The van der Waals surface area contributed by atoms with Crippen LogP contribution in [0.3, 0.4) is 0 Å². The summed E-state index contributed by atoms with van der Waals surface area (Å²) < 4.78 is 33.0. The molecule has 3 atom stereocenters. The monoisotopic (exact) mass is 527 g/mol. The molecule has 0 spiro atoms. The number of hydrogen-bond acceptors (Lipinski definition) is 9. The number of hydrogen-bond donors (Lipinski definition) is 2. The number of phenols is 1. The highest BCUT2D eigenvalue weighted by Crippen LogP contribution is 2.38. The number of carbonyl (C=O) groups is 2. The fraction of sp³-hybridized carbons (Fsp3) is 0.429. The number of ether oxygens (including phenoxy) is 6. The van der Waals surface area contributed by atoms with Crippen LogP contribution in [0, 0.1) is 12.3 Å². The average Bonchev–Trinajstić information content (AvgIpc) is 2.93. The molecule has 204 valence electrons. The van der Waals surface area contributed by atoms with Crippen molar-refractivity contribution in [2.75, 3.05) is 33.3 Å². The maximum absolute atomic E-state index is 12.7. The van der Waals surface area contributed by atoms with Crippen LogP contribution in [0.4, 0.5) is 5.69 Å². The molecule has 0 aromatic heterocycles. The molecule has 1 amide bonds. The fourth-order valence-electron chi connectivity index (χ4n) is 3.94. The van der Waals surface area contributed by atoms with E-state index in [1.165, 1.54) is 19.2 Å². The molecule has 1 aliphatic rings. The van der Waals surface area contributed by atoms with Crippen molar-refractivity contribution in [3.05, 3.63) is 47.5 Å². The van der Waals surface area contributed by atoms with Gasteiger partial charge in [-0.25, -0.2) is 4.79 Å². The summed E-state index contributed by atoms with van der Waals surface area (Å²) in [6.45, 7) is 0.0671. The number of anilines is 1. The number of terminal acetylenes is 1. The summed E-state index contributed by atoms with van der Waals surface area (Å²) >= 11 is 0. The van der Waals surface area contributed by atoms with E-state index in [9.17, 15) is 14.7 Å². The van der Waals surface area contributed by atoms with Crippen molar-refractivity contribution in [2.24, 2.45) is 0 Å². The molecule has 0 bridgehead atoms. The average molecular weight is 528 g/mol. The summed E-state index contributed by atoms with van der Waals surface area (Å²) in [6.07, 6.45) is 6.03. The van der Waals surface area contributed by atoms with E-state index in [-0.39, 0.29) is 54.5 Å². The first kappa shape index (κ1) is 28.8. The van der Waals surface area contributed by atoms with Gasteiger partial charge in [0.15, 0.2) is 17.8 Å². The summed E-state index contributed by atoms with van der Waals surface area (Å²) in [7, 11) is 4.55. The standard InChI is InChI=1S/C28H33NO9/c1-5-6-10-25(31)29-20-9-7-8-18(11-20)16-36-27-23(30)12-19(13-24(27)34-3)28(32)37-17-22-14-21(33-2)15-26(35-4)38-22/h1,7-9,11-13,21-22,26,30H,6,10,14-17H2,2-4H3,(H,29,31). The van der Waals surface area contributed by atoms with Crippen LogP contribution in [0.2, 0.25) is 0 Å². The van der Waals surface area contributed by atoms with E-state index < -0.39 is 18.4 Å². The summed E-state index contributed by atoms with van der Waals surface area (Å²) in [5.41, 5.74) is 1.42. The van der Waals surface area contributed by atoms with Gasteiger partial charge in [0.25, 0.3) is 0 Å². The van der Waals surface area contributed by atoms with E-state index >= 15 is 0 Å². The zero-order valence-corrected chi connectivity index (χ0v) is 21.7. The molecule has 2 N–H and O–H groups in total. The van der Waals surface area contributed by atoms with E-state index in [2.05, 4.69) is 11.2 Å². The van der Waals surface area contributed by atoms with Crippen molar-refractivity contribution >= 4 is 17.6 Å². The Labute approximate surface area is 222 Å². The number of phenolic OH excluding ortho intramolecular Hbond substituents is 1. The van der Waals surface area contributed by atoms with Gasteiger partial charge in [-0.3, -0.25) is 4.79 Å². The largest absolute Gasteiger partial charge is 0.504 e. The second-order valence-corrected chi connectivity index (χ2v) is 8.62. The predicted octanol–water partition coefficient (Wildman–Crippen LogP) is 3.66. The second kappa shape index (κ2) is 14.2. The lowest BCUT2D eigenvalue weighted by atomic mass is 10.1. The Morgan fingerprint density at radius 1 is 1.16 bits per heavy atom. The van der Waals surface area contributed by atoms with Gasteiger partial charge in [-0.05, 0) is 29.8 Å². The molecular weight excluding hydrogens is 494 g/mol. The molecule has 1 saturated heterocycles. The third-order valence-corrected chi connectivity index (χ3v) is 5.90. The number of rotatable bonds is 12. The van der Waals surface area contributed by atoms with E-state index in [1.54, 1.807) is 32.4 Å². The minimum atomic E-state index is -0.657. The molecule has 10 nitrogen and oxygen atoms in total. The molecule has 0 aliphatic carbocycles. The Bertz CT molecular complexity index is 1130. The predicted molar refractivity (Wildman–Crippen MR) is 138 cm³/mol. The number of nitrogens with one attached hydrogen (secondary N) is 1. The van der Waals surface area contributed by atoms with Crippen molar-refractivity contribution in [1.29, 1.82) is 0 Å². The molecule has 0 saturated carbocycles. The van der Waals surface area contributed by atoms with Gasteiger partial charge in [-0.2, -0.15) is 0 Å². The first-order valence-electron chi connectivity index (χ1n) is 12.1. The van der Waals surface area contributed by atoms with Crippen LogP contribution >= 0.6 is 0 Å². The van der Waals surface area contributed by atoms with Crippen molar-refractivity contribution in [2.45, 2.75) is 50.8 Å². The smallest absolute Gasteiger partial charge is 0.338 e. The van der Waals surface area contributed by atoms with Crippen LogP contribution in [-0.4, -0.2) is 63.4 Å². The SMILES string of the molecule is C#CCCC(=O)Nc1cccc(COc2c(O)cc(C(=O)OCC3CC(OC)CC(OC)O3)cc2OC)c1. The van der Waals surface area contributed by atoms with Crippen molar-refractivity contribution in [3.8, 4) is 29.6 Å². The van der Waals surface area contributed by atoms with Crippen LogP contribution in [0.15, 0.2) is 36.4 Å². The summed E-state index contributed by atoms with van der Waals surface area (Å²) in [4.78, 5) is 24.6. The quantitative estimate of drug-likeness (QED) is 0.315. The lowest BCUT2D eigenvalue weighted by Crippen LogP contribution is -2.40. The molecule has 2 aromatic rings. The fourth-order valence-corrected chi connectivity index (χ4v) is 3.94.